The number of carbonyl (C=O) groups is 1. The van der Waals surface area contributed by atoms with Crippen LogP contribution < -0.4 is 11.5 Å². The molecule has 1 unspecified atom stereocenters. The van der Waals surface area contributed by atoms with E-state index < -0.39 is 0 Å². The van der Waals surface area contributed by atoms with Crippen molar-refractivity contribution < 1.29 is 4.79 Å². The van der Waals surface area contributed by atoms with Gasteiger partial charge in [-0.1, -0.05) is 24.3 Å². The molecule has 0 radical (unpaired) electrons. The number of Topliss-reactive ketones (excluding diaryl/α,β-unsaturated/α-hetero) is 1. The number of carbonyl (C=O) groups excluding carboxylic acids is 1. The van der Waals surface area contributed by atoms with E-state index in [9.17, 15) is 4.79 Å². The summed E-state index contributed by atoms with van der Waals surface area (Å²) < 4.78 is 0. The van der Waals surface area contributed by atoms with Gasteiger partial charge in [0.2, 0.25) is 0 Å². The summed E-state index contributed by atoms with van der Waals surface area (Å²) in [7, 11) is 0. The highest BCUT2D eigenvalue weighted by Crippen LogP contribution is 2.34. The molecule has 6 N–H and O–H groups in total. The topological polar surface area (TPSA) is 117 Å². The average Bonchev–Trinajstić information content (AvgIpc) is 2.84. The van der Waals surface area contributed by atoms with Crippen molar-refractivity contribution in [3.05, 3.63) is 70.3 Å². The summed E-state index contributed by atoms with van der Waals surface area (Å²) in [4.78, 5) is 12.6. The highest BCUT2D eigenvalue weighted by molar-refractivity contribution is 6.06. The highest BCUT2D eigenvalue weighted by atomic mass is 16.1. The van der Waals surface area contributed by atoms with Gasteiger partial charge >= 0.3 is 0 Å². The molecular formula is C17H16N4O. The lowest BCUT2D eigenvalue weighted by Gasteiger charge is -2.13. The summed E-state index contributed by atoms with van der Waals surface area (Å²) in [5, 5.41) is 15.2. The predicted octanol–water partition coefficient (Wildman–Crippen LogP) is 1.78. The number of benzene rings is 2. The first-order valence-electron chi connectivity index (χ1n) is 6.93. The van der Waals surface area contributed by atoms with E-state index in [4.69, 9.17) is 22.3 Å². The van der Waals surface area contributed by atoms with Gasteiger partial charge in [0.1, 0.15) is 11.7 Å². The van der Waals surface area contributed by atoms with E-state index in [1.54, 1.807) is 18.2 Å². The Morgan fingerprint density at radius 2 is 1.59 bits per heavy atom. The summed E-state index contributed by atoms with van der Waals surface area (Å²) in [6.45, 7) is 0. The van der Waals surface area contributed by atoms with Crippen LogP contribution in [0.4, 0.5) is 0 Å². The van der Waals surface area contributed by atoms with Gasteiger partial charge in [0, 0.05) is 16.7 Å². The third kappa shape index (κ3) is 2.26. The van der Waals surface area contributed by atoms with E-state index in [2.05, 4.69) is 0 Å². The minimum atomic E-state index is -0.310. The zero-order chi connectivity index (χ0) is 15.9. The van der Waals surface area contributed by atoms with Gasteiger partial charge in [-0.3, -0.25) is 15.6 Å². The molecule has 0 saturated heterocycles. The average molecular weight is 292 g/mol. The van der Waals surface area contributed by atoms with Gasteiger partial charge in [0.05, 0.1) is 5.92 Å². The second kappa shape index (κ2) is 5.11. The first-order valence-corrected chi connectivity index (χ1v) is 6.93. The molecule has 0 aromatic heterocycles. The van der Waals surface area contributed by atoms with Crippen LogP contribution in [0.3, 0.4) is 0 Å². The molecule has 0 amide bonds. The minimum Gasteiger partial charge on any atom is -0.384 e. The molecule has 0 saturated carbocycles. The fraction of sp³-hybridized carbons (Fsp3) is 0.118. The molecule has 1 aliphatic rings. The lowest BCUT2D eigenvalue weighted by Crippen LogP contribution is -2.18. The molecule has 5 heteroatoms. The Kier molecular flexibility index (Phi) is 3.25. The number of nitrogens with one attached hydrogen (secondary N) is 2. The number of nitrogens with two attached hydrogens (primary N) is 2. The van der Waals surface area contributed by atoms with Crippen molar-refractivity contribution in [1.29, 1.82) is 10.8 Å². The smallest absolute Gasteiger partial charge is 0.170 e. The van der Waals surface area contributed by atoms with Gasteiger partial charge in [0.15, 0.2) is 5.78 Å². The van der Waals surface area contributed by atoms with Crippen LogP contribution in [0, 0.1) is 10.8 Å². The van der Waals surface area contributed by atoms with Crippen LogP contribution in [0.5, 0.6) is 0 Å². The molecule has 0 spiro atoms. The Bertz CT molecular complexity index is 778. The van der Waals surface area contributed by atoms with Crippen molar-refractivity contribution >= 4 is 17.5 Å². The number of ketones is 1. The Morgan fingerprint density at radius 3 is 2.14 bits per heavy atom. The largest absolute Gasteiger partial charge is 0.384 e. The first-order chi connectivity index (χ1) is 10.5. The van der Waals surface area contributed by atoms with Crippen LogP contribution in [0.1, 0.15) is 38.5 Å². The molecule has 22 heavy (non-hydrogen) atoms. The van der Waals surface area contributed by atoms with Crippen molar-refractivity contribution in [1.82, 2.24) is 0 Å². The Labute approximate surface area is 128 Å². The Morgan fingerprint density at radius 1 is 1.00 bits per heavy atom. The number of rotatable bonds is 3. The molecule has 0 bridgehead atoms. The van der Waals surface area contributed by atoms with Crippen molar-refractivity contribution in [2.24, 2.45) is 11.5 Å². The monoisotopic (exact) mass is 292 g/mol. The number of nitrogen functional groups attached to an aromatic ring is 2. The molecule has 2 aromatic rings. The summed E-state index contributed by atoms with van der Waals surface area (Å²) >= 11 is 0. The van der Waals surface area contributed by atoms with Crippen molar-refractivity contribution in [3.8, 4) is 0 Å². The Hall–Kier alpha value is -2.95. The summed E-state index contributed by atoms with van der Waals surface area (Å²) in [5.74, 6) is -0.458. The molecular weight excluding hydrogens is 276 g/mol. The summed E-state index contributed by atoms with van der Waals surface area (Å²) in [6.07, 6.45) is 0.619. The zero-order valence-corrected chi connectivity index (χ0v) is 11.9. The van der Waals surface area contributed by atoms with E-state index in [1.165, 1.54) is 0 Å². The fourth-order valence-electron chi connectivity index (χ4n) is 2.87. The maximum atomic E-state index is 12.6. The molecule has 3 rings (SSSR count). The Balaban J connectivity index is 2.08. The van der Waals surface area contributed by atoms with E-state index in [0.29, 0.717) is 17.5 Å². The van der Waals surface area contributed by atoms with Gasteiger partial charge in [-0.05, 0) is 35.7 Å². The molecule has 0 heterocycles. The van der Waals surface area contributed by atoms with Crippen molar-refractivity contribution in [3.63, 3.8) is 0 Å². The van der Waals surface area contributed by atoms with Crippen LogP contribution >= 0.6 is 0 Å². The molecule has 0 aliphatic heterocycles. The second-order valence-electron chi connectivity index (χ2n) is 5.45. The molecule has 1 aliphatic carbocycles. The van der Waals surface area contributed by atoms with E-state index in [-0.39, 0.29) is 23.4 Å². The van der Waals surface area contributed by atoms with Crippen LogP contribution in [0.15, 0.2) is 42.5 Å². The van der Waals surface area contributed by atoms with Crippen LogP contribution in [0.25, 0.3) is 0 Å². The molecule has 1 atom stereocenters. The minimum absolute atomic E-state index is 0.0609. The summed E-state index contributed by atoms with van der Waals surface area (Å²) in [5.41, 5.74) is 14.6. The van der Waals surface area contributed by atoms with Crippen LogP contribution in [-0.4, -0.2) is 17.5 Å². The number of hydrogen-bond donors (Lipinski definition) is 4. The van der Waals surface area contributed by atoms with E-state index in [1.807, 2.05) is 24.3 Å². The fourth-order valence-corrected chi connectivity index (χ4v) is 2.87. The zero-order valence-electron chi connectivity index (χ0n) is 11.9. The molecule has 0 fully saturated rings. The maximum absolute atomic E-state index is 12.6. The second-order valence-corrected chi connectivity index (χ2v) is 5.45. The first kappa shape index (κ1) is 14.0. The number of fused-ring (bicyclic) bond motifs is 1. The van der Waals surface area contributed by atoms with Gasteiger partial charge in [-0.15, -0.1) is 0 Å². The normalized spacial score (nSPS) is 16.4. The highest BCUT2D eigenvalue weighted by Gasteiger charge is 2.31. The lowest BCUT2D eigenvalue weighted by molar-refractivity contribution is 0.0973. The van der Waals surface area contributed by atoms with Gasteiger partial charge in [0.25, 0.3) is 0 Å². The van der Waals surface area contributed by atoms with Crippen LogP contribution in [-0.2, 0) is 6.42 Å². The van der Waals surface area contributed by atoms with E-state index >= 15 is 0 Å². The van der Waals surface area contributed by atoms with Crippen molar-refractivity contribution in [2.75, 3.05) is 0 Å². The maximum Gasteiger partial charge on any atom is 0.170 e. The molecule has 110 valence electrons. The van der Waals surface area contributed by atoms with E-state index in [0.717, 1.165) is 16.7 Å². The SMILES string of the molecule is N=C(N)c1cc(C(=N)N)cc(C2Cc3ccccc3C2=O)c1. The van der Waals surface area contributed by atoms with Gasteiger partial charge < -0.3 is 11.5 Å². The van der Waals surface area contributed by atoms with Gasteiger partial charge in [-0.25, -0.2) is 0 Å². The summed E-state index contributed by atoms with van der Waals surface area (Å²) in [6, 6.07) is 12.6. The quantitative estimate of drug-likeness (QED) is 0.510. The standard InChI is InChI=1S/C17H16N4O/c18-16(19)11-5-10(6-12(7-11)17(20)21)14-8-9-3-1-2-4-13(9)15(14)22/h1-7,14H,8H2,(H3,18,19)(H3,20,21). The third-order valence-electron chi connectivity index (χ3n) is 4.00. The molecule has 5 nitrogen and oxygen atoms in total. The molecule has 2 aromatic carbocycles. The predicted molar refractivity (Wildman–Crippen MR) is 85.7 cm³/mol. The number of amidine groups is 2. The van der Waals surface area contributed by atoms with Gasteiger partial charge in [-0.2, -0.15) is 0 Å². The van der Waals surface area contributed by atoms with Crippen molar-refractivity contribution in [2.45, 2.75) is 12.3 Å². The third-order valence-corrected chi connectivity index (χ3v) is 4.00. The van der Waals surface area contributed by atoms with Crippen LogP contribution in [0.2, 0.25) is 0 Å². The number of hydrogen-bond acceptors (Lipinski definition) is 3. The lowest BCUT2D eigenvalue weighted by atomic mass is 9.91.